The minimum Gasteiger partial charge on any atom is -0.396 e. The van der Waals surface area contributed by atoms with Gasteiger partial charge in [-0.2, -0.15) is 0 Å². The van der Waals surface area contributed by atoms with Gasteiger partial charge in [-0.25, -0.2) is 0 Å². The maximum absolute atomic E-state index is 8.99. The van der Waals surface area contributed by atoms with Crippen LogP contribution in [0.1, 0.15) is 19.3 Å². The third-order valence-electron chi connectivity index (χ3n) is 2.98. The van der Waals surface area contributed by atoms with Crippen LogP contribution in [0.4, 0.5) is 0 Å². The van der Waals surface area contributed by atoms with E-state index in [0.717, 1.165) is 6.04 Å². The Bertz CT molecular complexity index is 126. The van der Waals surface area contributed by atoms with Gasteiger partial charge in [-0.05, 0) is 38.3 Å². The number of hydrogen-bond donors (Lipinski definition) is 1. The molecule has 2 atom stereocenters. The van der Waals surface area contributed by atoms with Gasteiger partial charge in [0.25, 0.3) is 0 Å². The molecule has 2 nitrogen and oxygen atoms in total. The number of fused-ring (bicyclic) bond motifs is 1. The van der Waals surface area contributed by atoms with Gasteiger partial charge in [0.1, 0.15) is 0 Å². The highest BCUT2D eigenvalue weighted by Gasteiger charge is 2.36. The van der Waals surface area contributed by atoms with Crippen molar-refractivity contribution in [1.82, 2.24) is 4.90 Å². The van der Waals surface area contributed by atoms with Gasteiger partial charge in [-0.15, -0.1) is 0 Å². The van der Waals surface area contributed by atoms with Gasteiger partial charge in [0.2, 0.25) is 0 Å². The largest absolute Gasteiger partial charge is 0.396 e. The van der Waals surface area contributed by atoms with Crippen LogP contribution in [0, 0.1) is 5.92 Å². The third-order valence-corrected chi connectivity index (χ3v) is 2.98. The van der Waals surface area contributed by atoms with Gasteiger partial charge in [0.15, 0.2) is 0 Å². The van der Waals surface area contributed by atoms with Crippen LogP contribution in [0.5, 0.6) is 0 Å². The summed E-state index contributed by atoms with van der Waals surface area (Å²) in [5, 5.41) is 8.99. The molecule has 58 valence electrons. The van der Waals surface area contributed by atoms with E-state index in [1.54, 1.807) is 0 Å². The molecule has 1 unspecified atom stereocenters. The van der Waals surface area contributed by atoms with Crippen molar-refractivity contribution in [3.05, 3.63) is 0 Å². The quantitative estimate of drug-likeness (QED) is 0.573. The predicted octanol–water partition coefficient (Wildman–Crippen LogP) is 0.463. The van der Waals surface area contributed by atoms with Crippen molar-refractivity contribution >= 4 is 0 Å². The monoisotopic (exact) mass is 141 g/mol. The summed E-state index contributed by atoms with van der Waals surface area (Å²) < 4.78 is 0. The Hall–Kier alpha value is -0.0800. The maximum atomic E-state index is 8.99. The minimum absolute atomic E-state index is 0.404. The van der Waals surface area contributed by atoms with Gasteiger partial charge in [0, 0.05) is 12.6 Å². The summed E-state index contributed by atoms with van der Waals surface area (Å²) in [7, 11) is 0. The van der Waals surface area contributed by atoms with Crippen molar-refractivity contribution in [2.75, 3.05) is 19.7 Å². The molecule has 0 aromatic heterocycles. The summed E-state index contributed by atoms with van der Waals surface area (Å²) in [6.07, 6.45) is 3.90. The lowest BCUT2D eigenvalue weighted by Crippen LogP contribution is -2.27. The zero-order valence-electron chi connectivity index (χ0n) is 6.29. The van der Waals surface area contributed by atoms with Crippen molar-refractivity contribution in [3.8, 4) is 0 Å². The molecule has 0 bridgehead atoms. The van der Waals surface area contributed by atoms with E-state index in [1.807, 2.05) is 0 Å². The SMILES string of the molecule is OC[C@H]1CCN2CCCC12. The smallest absolute Gasteiger partial charge is 0.0474 e. The van der Waals surface area contributed by atoms with E-state index in [0.29, 0.717) is 12.5 Å². The first-order chi connectivity index (χ1) is 4.92. The molecule has 10 heavy (non-hydrogen) atoms. The second-order valence-electron chi connectivity index (χ2n) is 3.48. The molecule has 2 saturated heterocycles. The minimum atomic E-state index is 0.404. The van der Waals surface area contributed by atoms with E-state index < -0.39 is 0 Å². The second kappa shape index (κ2) is 2.51. The number of nitrogens with zero attached hydrogens (tertiary/aromatic N) is 1. The van der Waals surface area contributed by atoms with E-state index in [4.69, 9.17) is 5.11 Å². The molecule has 0 amide bonds. The molecular weight excluding hydrogens is 126 g/mol. The Kier molecular flexibility index (Phi) is 1.66. The van der Waals surface area contributed by atoms with E-state index in [-0.39, 0.29) is 0 Å². The average molecular weight is 141 g/mol. The number of aliphatic hydroxyl groups excluding tert-OH is 1. The first kappa shape index (κ1) is 6.62. The highest BCUT2D eigenvalue weighted by Crippen LogP contribution is 2.31. The lowest BCUT2D eigenvalue weighted by atomic mass is 10.00. The molecule has 1 N–H and O–H groups in total. The van der Waals surface area contributed by atoms with Crippen LogP contribution >= 0.6 is 0 Å². The van der Waals surface area contributed by atoms with Gasteiger partial charge in [0.05, 0.1) is 0 Å². The van der Waals surface area contributed by atoms with E-state index >= 15 is 0 Å². The normalized spacial score (nSPS) is 40.5. The molecule has 2 heteroatoms. The van der Waals surface area contributed by atoms with Crippen molar-refractivity contribution < 1.29 is 5.11 Å². The van der Waals surface area contributed by atoms with Crippen LogP contribution in [0.25, 0.3) is 0 Å². The molecule has 0 aromatic carbocycles. The summed E-state index contributed by atoms with van der Waals surface area (Å²) in [4.78, 5) is 2.53. The van der Waals surface area contributed by atoms with E-state index in [2.05, 4.69) is 4.90 Å². The number of rotatable bonds is 1. The first-order valence-corrected chi connectivity index (χ1v) is 4.26. The average Bonchev–Trinajstić information content (AvgIpc) is 2.44. The van der Waals surface area contributed by atoms with Gasteiger partial charge < -0.3 is 10.0 Å². The first-order valence-electron chi connectivity index (χ1n) is 4.26. The zero-order chi connectivity index (χ0) is 6.97. The van der Waals surface area contributed by atoms with Gasteiger partial charge in [-0.1, -0.05) is 0 Å². The number of hydrogen-bond acceptors (Lipinski definition) is 2. The number of aliphatic hydroxyl groups is 1. The fourth-order valence-corrected chi connectivity index (χ4v) is 2.40. The summed E-state index contributed by atoms with van der Waals surface area (Å²) in [6.45, 7) is 2.91. The highest BCUT2D eigenvalue weighted by molar-refractivity contribution is 4.90. The molecule has 2 heterocycles. The standard InChI is InChI=1S/C8H15NO/c10-6-7-3-5-9-4-1-2-8(7)9/h7-8,10H,1-6H2/t7-,8?/m1/s1. The van der Waals surface area contributed by atoms with Crippen LogP contribution in [0.2, 0.25) is 0 Å². The highest BCUT2D eigenvalue weighted by atomic mass is 16.3. The maximum Gasteiger partial charge on any atom is 0.0474 e. The molecule has 0 aliphatic carbocycles. The van der Waals surface area contributed by atoms with Crippen LogP contribution in [0.15, 0.2) is 0 Å². The van der Waals surface area contributed by atoms with Crippen LogP contribution < -0.4 is 0 Å². The fraction of sp³-hybridized carbons (Fsp3) is 1.00. The lowest BCUT2D eigenvalue weighted by molar-refractivity contribution is 0.191. The summed E-state index contributed by atoms with van der Waals surface area (Å²) >= 11 is 0. The molecule has 2 aliphatic rings. The topological polar surface area (TPSA) is 23.5 Å². The van der Waals surface area contributed by atoms with Crippen molar-refractivity contribution in [3.63, 3.8) is 0 Å². The molecule has 0 saturated carbocycles. The molecule has 0 aromatic rings. The predicted molar refractivity (Wildman–Crippen MR) is 39.8 cm³/mol. The molecule has 0 radical (unpaired) electrons. The molecule has 2 fully saturated rings. The van der Waals surface area contributed by atoms with E-state index in [1.165, 1.54) is 32.4 Å². The molecule has 2 aliphatic heterocycles. The van der Waals surface area contributed by atoms with Crippen LogP contribution in [0.3, 0.4) is 0 Å². The Morgan fingerprint density at radius 3 is 3.00 bits per heavy atom. The third kappa shape index (κ3) is 0.867. The van der Waals surface area contributed by atoms with Crippen molar-refractivity contribution in [2.24, 2.45) is 5.92 Å². The Balaban J connectivity index is 2.01. The Morgan fingerprint density at radius 2 is 2.20 bits per heavy atom. The van der Waals surface area contributed by atoms with Crippen molar-refractivity contribution in [2.45, 2.75) is 25.3 Å². The summed E-state index contributed by atoms with van der Waals surface area (Å²) in [5.74, 6) is 0.600. The molecule has 2 rings (SSSR count). The second-order valence-corrected chi connectivity index (χ2v) is 3.48. The lowest BCUT2D eigenvalue weighted by Gasteiger charge is -2.17. The van der Waals surface area contributed by atoms with Gasteiger partial charge in [-0.3, -0.25) is 0 Å². The zero-order valence-corrected chi connectivity index (χ0v) is 6.29. The fourth-order valence-electron chi connectivity index (χ4n) is 2.40. The van der Waals surface area contributed by atoms with Crippen LogP contribution in [-0.2, 0) is 0 Å². The van der Waals surface area contributed by atoms with E-state index in [9.17, 15) is 0 Å². The summed E-state index contributed by atoms with van der Waals surface area (Å²) in [5.41, 5.74) is 0. The van der Waals surface area contributed by atoms with Crippen LogP contribution in [-0.4, -0.2) is 35.7 Å². The van der Waals surface area contributed by atoms with Gasteiger partial charge >= 0.3 is 0 Å². The Labute approximate surface area is 61.8 Å². The van der Waals surface area contributed by atoms with Crippen molar-refractivity contribution in [1.29, 1.82) is 0 Å². The summed E-state index contributed by atoms with van der Waals surface area (Å²) in [6, 6.07) is 0.741. The molecular formula is C8H15NO. The molecule has 0 spiro atoms. The Morgan fingerprint density at radius 1 is 1.30 bits per heavy atom.